The van der Waals surface area contributed by atoms with Gasteiger partial charge < -0.3 is 10.9 Å². The topological polar surface area (TPSA) is 108 Å². The van der Waals surface area contributed by atoms with Gasteiger partial charge in [0.05, 0.1) is 0 Å². The highest BCUT2D eigenvalue weighted by atomic mass is 32.2. The van der Waals surface area contributed by atoms with E-state index in [0.717, 1.165) is 12.8 Å². The second-order valence-corrected chi connectivity index (χ2v) is 5.46. The maximum absolute atomic E-state index is 11.7. The van der Waals surface area contributed by atoms with E-state index in [1.54, 1.807) is 0 Å². The average molecular weight is 250 g/mol. The summed E-state index contributed by atoms with van der Waals surface area (Å²) in [4.78, 5) is 0. The van der Waals surface area contributed by atoms with Crippen LogP contribution >= 0.6 is 0 Å². The summed E-state index contributed by atoms with van der Waals surface area (Å²) < 4.78 is 27.2. The third-order valence-electron chi connectivity index (χ3n) is 2.43. The summed E-state index contributed by atoms with van der Waals surface area (Å²) in [5, 5.41) is 11.1. The molecule has 0 atom stereocenters. The van der Waals surface area contributed by atoms with E-state index in [9.17, 15) is 8.42 Å². The zero-order valence-electron chi connectivity index (χ0n) is 9.09. The van der Waals surface area contributed by atoms with Gasteiger partial charge in [0.25, 0.3) is 10.2 Å². The number of oxime groups is 1. The minimum Gasteiger partial charge on any atom is -0.409 e. The molecule has 94 valence electrons. The van der Waals surface area contributed by atoms with Crippen molar-refractivity contribution in [3.8, 4) is 0 Å². The van der Waals surface area contributed by atoms with E-state index in [1.807, 2.05) is 0 Å². The minimum atomic E-state index is -3.32. The van der Waals surface area contributed by atoms with Crippen LogP contribution in [0.5, 0.6) is 0 Å². The van der Waals surface area contributed by atoms with Gasteiger partial charge in [0.2, 0.25) is 0 Å². The fraction of sp³-hybridized carbons (Fsp3) is 0.875. The fourth-order valence-corrected chi connectivity index (χ4v) is 2.86. The molecule has 4 N–H and O–H groups in total. The Labute approximate surface area is 95.5 Å². The number of hydrogen-bond acceptors (Lipinski definition) is 4. The van der Waals surface area contributed by atoms with Gasteiger partial charge in [0.15, 0.2) is 0 Å². The number of rotatable bonds is 6. The molecule has 8 heteroatoms. The van der Waals surface area contributed by atoms with Gasteiger partial charge in [-0.2, -0.15) is 12.7 Å². The van der Waals surface area contributed by atoms with Crippen molar-refractivity contribution in [1.82, 2.24) is 9.03 Å². The molecule has 7 nitrogen and oxygen atoms in total. The summed E-state index contributed by atoms with van der Waals surface area (Å²) in [7, 11) is -3.32. The second-order valence-electron chi connectivity index (χ2n) is 3.70. The quantitative estimate of drug-likeness (QED) is 0.193. The summed E-state index contributed by atoms with van der Waals surface area (Å²) in [6, 6.07) is 0. The van der Waals surface area contributed by atoms with E-state index < -0.39 is 10.2 Å². The summed E-state index contributed by atoms with van der Waals surface area (Å²) in [6.07, 6.45) is 2.73. The third-order valence-corrected chi connectivity index (χ3v) is 4.04. The molecule has 1 fully saturated rings. The second kappa shape index (κ2) is 6.02. The molecule has 1 aliphatic rings. The van der Waals surface area contributed by atoms with Crippen molar-refractivity contribution in [3.63, 3.8) is 0 Å². The molecular formula is C8H18N4O3S. The lowest BCUT2D eigenvalue weighted by atomic mass is 10.3. The maximum atomic E-state index is 11.7. The molecular weight excluding hydrogens is 232 g/mol. The molecule has 1 aliphatic heterocycles. The van der Waals surface area contributed by atoms with E-state index in [0.29, 0.717) is 32.5 Å². The molecule has 1 rings (SSSR count). The predicted octanol–water partition coefficient (Wildman–Crippen LogP) is -0.557. The lowest BCUT2D eigenvalue weighted by Gasteiger charge is -2.15. The summed E-state index contributed by atoms with van der Waals surface area (Å²) in [5.41, 5.74) is 5.26. The van der Waals surface area contributed by atoms with E-state index in [2.05, 4.69) is 9.88 Å². The van der Waals surface area contributed by atoms with Crippen LogP contribution in [0, 0.1) is 0 Å². The molecule has 0 aromatic rings. The highest BCUT2D eigenvalue weighted by Gasteiger charge is 2.24. The first-order chi connectivity index (χ1) is 7.56. The maximum Gasteiger partial charge on any atom is 0.279 e. The van der Waals surface area contributed by atoms with Crippen LogP contribution in [0.25, 0.3) is 0 Å². The van der Waals surface area contributed by atoms with E-state index in [4.69, 9.17) is 10.9 Å². The molecule has 0 aromatic heterocycles. The molecule has 0 unspecified atom stereocenters. The zero-order valence-corrected chi connectivity index (χ0v) is 9.91. The van der Waals surface area contributed by atoms with E-state index >= 15 is 0 Å². The first-order valence-corrected chi connectivity index (χ1v) is 6.71. The van der Waals surface area contributed by atoms with Crippen molar-refractivity contribution in [2.24, 2.45) is 10.9 Å². The summed E-state index contributed by atoms with van der Waals surface area (Å²) in [5.74, 6) is 0.111. The lowest BCUT2D eigenvalue weighted by molar-refractivity contribution is 0.316. The minimum absolute atomic E-state index is 0.111. The molecule has 0 saturated carbocycles. The molecule has 0 bridgehead atoms. The standard InChI is InChI=1S/C8H18N4O3S/c9-8(11-13)4-3-5-10-16(14,15)12-6-1-2-7-12/h10,13H,1-7H2,(H2,9,11). The van der Waals surface area contributed by atoms with Crippen molar-refractivity contribution in [1.29, 1.82) is 0 Å². The van der Waals surface area contributed by atoms with E-state index in [1.165, 1.54) is 4.31 Å². The molecule has 0 radical (unpaired) electrons. The Hall–Kier alpha value is -0.860. The van der Waals surface area contributed by atoms with Crippen LogP contribution in [0.4, 0.5) is 0 Å². The Bertz CT molecular complexity index is 335. The largest absolute Gasteiger partial charge is 0.409 e. The average Bonchev–Trinajstić information content (AvgIpc) is 2.78. The smallest absolute Gasteiger partial charge is 0.279 e. The van der Waals surface area contributed by atoms with Crippen molar-refractivity contribution < 1.29 is 13.6 Å². The van der Waals surface area contributed by atoms with Crippen LogP contribution < -0.4 is 10.5 Å². The van der Waals surface area contributed by atoms with Crippen LogP contribution in [0.1, 0.15) is 25.7 Å². The molecule has 1 saturated heterocycles. The van der Waals surface area contributed by atoms with E-state index in [-0.39, 0.29) is 5.84 Å². The number of nitrogens with one attached hydrogen (secondary N) is 1. The number of nitrogens with zero attached hydrogens (tertiary/aromatic N) is 2. The van der Waals surface area contributed by atoms with Gasteiger partial charge >= 0.3 is 0 Å². The van der Waals surface area contributed by atoms with Crippen molar-refractivity contribution >= 4 is 16.0 Å². The van der Waals surface area contributed by atoms with Crippen LogP contribution in [0.15, 0.2) is 5.16 Å². The number of amidine groups is 1. The summed E-state index contributed by atoms with van der Waals surface area (Å²) in [6.45, 7) is 1.49. The van der Waals surface area contributed by atoms with Gasteiger partial charge in [0, 0.05) is 26.1 Å². The third kappa shape index (κ3) is 3.95. The SMILES string of the molecule is NC(CCCNS(=O)(=O)N1CCCC1)=NO. The molecule has 0 aromatic carbocycles. The Morgan fingerprint density at radius 1 is 1.44 bits per heavy atom. The van der Waals surface area contributed by atoms with Crippen LogP contribution in [-0.2, 0) is 10.2 Å². The Kier molecular flexibility index (Phi) is 4.97. The van der Waals surface area contributed by atoms with Crippen LogP contribution in [0.3, 0.4) is 0 Å². The molecule has 0 amide bonds. The van der Waals surface area contributed by atoms with Crippen molar-refractivity contribution in [2.45, 2.75) is 25.7 Å². The van der Waals surface area contributed by atoms with Gasteiger partial charge in [-0.3, -0.25) is 0 Å². The number of nitrogens with two attached hydrogens (primary N) is 1. The monoisotopic (exact) mass is 250 g/mol. The molecule has 0 aliphatic carbocycles. The van der Waals surface area contributed by atoms with Gasteiger partial charge in [-0.15, -0.1) is 0 Å². The number of hydrogen-bond donors (Lipinski definition) is 3. The molecule has 16 heavy (non-hydrogen) atoms. The Morgan fingerprint density at radius 2 is 2.06 bits per heavy atom. The zero-order chi connectivity index (χ0) is 12.0. The lowest BCUT2D eigenvalue weighted by Crippen LogP contribution is -2.39. The molecule has 0 spiro atoms. The normalized spacial score (nSPS) is 19.1. The van der Waals surface area contributed by atoms with Gasteiger partial charge in [-0.05, 0) is 19.3 Å². The van der Waals surface area contributed by atoms with Gasteiger partial charge in [-0.1, -0.05) is 5.16 Å². The van der Waals surface area contributed by atoms with Gasteiger partial charge in [-0.25, -0.2) is 4.72 Å². The molecule has 1 heterocycles. The van der Waals surface area contributed by atoms with Crippen LogP contribution in [0.2, 0.25) is 0 Å². The van der Waals surface area contributed by atoms with Gasteiger partial charge in [0.1, 0.15) is 5.84 Å². The Morgan fingerprint density at radius 3 is 2.62 bits per heavy atom. The summed E-state index contributed by atoms with van der Waals surface area (Å²) >= 11 is 0. The van der Waals surface area contributed by atoms with Crippen molar-refractivity contribution in [2.75, 3.05) is 19.6 Å². The fourth-order valence-electron chi connectivity index (χ4n) is 1.54. The first-order valence-electron chi connectivity index (χ1n) is 5.27. The predicted molar refractivity (Wildman–Crippen MR) is 60.4 cm³/mol. The van der Waals surface area contributed by atoms with Crippen LogP contribution in [-0.4, -0.2) is 43.4 Å². The highest BCUT2D eigenvalue weighted by molar-refractivity contribution is 7.87. The first kappa shape index (κ1) is 13.2. The van der Waals surface area contributed by atoms with Crippen molar-refractivity contribution in [3.05, 3.63) is 0 Å². The Balaban J connectivity index is 2.26. The highest BCUT2D eigenvalue weighted by Crippen LogP contribution is 2.10.